The van der Waals surface area contributed by atoms with Gasteiger partial charge in [0.15, 0.2) is 17.5 Å². The van der Waals surface area contributed by atoms with Crippen LogP contribution in [0.15, 0.2) is 47.6 Å². The van der Waals surface area contributed by atoms with E-state index in [0.29, 0.717) is 36.6 Å². The summed E-state index contributed by atoms with van der Waals surface area (Å²) in [5.74, 6) is 2.69. The first-order valence-corrected chi connectivity index (χ1v) is 11.4. The molecule has 0 bridgehead atoms. The number of nitrogens with zero attached hydrogens (tertiary/aromatic N) is 3. The Hall–Kier alpha value is -2.84. The zero-order valence-electron chi connectivity index (χ0n) is 19.3. The Labute approximate surface area is 191 Å². The fourth-order valence-corrected chi connectivity index (χ4v) is 3.39. The Morgan fingerprint density at radius 2 is 1.91 bits per heavy atom. The van der Waals surface area contributed by atoms with Gasteiger partial charge in [0.25, 0.3) is 0 Å². The topological polar surface area (TPSA) is 80.2 Å². The summed E-state index contributed by atoms with van der Waals surface area (Å²) in [7, 11) is 0. The van der Waals surface area contributed by atoms with Crippen molar-refractivity contribution < 1.29 is 14.2 Å². The number of aromatic nitrogens is 1. The Balaban J connectivity index is 1.54. The molecule has 0 saturated carbocycles. The number of aliphatic imine (C=N–C) groups is 1. The van der Waals surface area contributed by atoms with Gasteiger partial charge in [0.1, 0.15) is 0 Å². The van der Waals surface area contributed by atoms with Crippen LogP contribution in [0.1, 0.15) is 26.3 Å². The van der Waals surface area contributed by atoms with Gasteiger partial charge in [-0.3, -0.25) is 4.90 Å². The van der Waals surface area contributed by atoms with Crippen LogP contribution in [0.4, 0.5) is 0 Å². The summed E-state index contributed by atoms with van der Waals surface area (Å²) in [6.07, 6.45) is 1.79. The van der Waals surface area contributed by atoms with Crippen LogP contribution < -0.4 is 20.1 Å². The summed E-state index contributed by atoms with van der Waals surface area (Å²) in [6, 6.07) is 11.8. The molecule has 1 aromatic heterocycles. The van der Waals surface area contributed by atoms with Crippen LogP contribution in [0.5, 0.6) is 17.4 Å². The van der Waals surface area contributed by atoms with Gasteiger partial charge in [0.05, 0.1) is 26.4 Å². The average Bonchev–Trinajstić information content (AvgIpc) is 2.83. The van der Waals surface area contributed by atoms with E-state index in [0.717, 1.165) is 50.9 Å². The maximum absolute atomic E-state index is 5.89. The summed E-state index contributed by atoms with van der Waals surface area (Å²) in [5.41, 5.74) is 1.01. The Morgan fingerprint density at radius 3 is 2.59 bits per heavy atom. The van der Waals surface area contributed by atoms with E-state index >= 15 is 0 Å². The van der Waals surface area contributed by atoms with Crippen molar-refractivity contribution in [3.05, 3.63) is 48.2 Å². The highest BCUT2D eigenvalue weighted by Gasteiger charge is 2.17. The van der Waals surface area contributed by atoms with Crippen LogP contribution in [0.25, 0.3) is 0 Å². The second-order valence-corrected chi connectivity index (χ2v) is 7.56. The van der Waals surface area contributed by atoms with E-state index in [1.54, 1.807) is 6.20 Å². The van der Waals surface area contributed by atoms with Crippen molar-refractivity contribution in [1.82, 2.24) is 20.5 Å². The number of guanidine groups is 1. The molecule has 8 heteroatoms. The van der Waals surface area contributed by atoms with Gasteiger partial charge in [-0.05, 0) is 38.5 Å². The number of morpholine rings is 1. The lowest BCUT2D eigenvalue weighted by Crippen LogP contribution is -2.49. The standard InChI is InChI=1S/C24H35N5O3/c1-4-25-24(27-16-19(3)29-12-14-30-15-13-29)28-18-20-10-11-23(26-17-20)32-22-9-7-6-8-21(22)31-5-2/h6-11,17,19H,4-5,12-16,18H2,1-3H3,(H2,25,27,28). The van der Waals surface area contributed by atoms with Gasteiger partial charge in [-0.15, -0.1) is 0 Å². The molecule has 2 N–H and O–H groups in total. The zero-order valence-corrected chi connectivity index (χ0v) is 19.3. The number of ether oxygens (including phenoxy) is 3. The zero-order chi connectivity index (χ0) is 22.6. The number of para-hydroxylation sites is 2. The first kappa shape index (κ1) is 23.8. The molecule has 1 fully saturated rings. The molecule has 32 heavy (non-hydrogen) atoms. The highest BCUT2D eigenvalue weighted by molar-refractivity contribution is 5.79. The maximum atomic E-state index is 5.89. The molecule has 0 spiro atoms. The predicted octanol–water partition coefficient (Wildman–Crippen LogP) is 3.05. The van der Waals surface area contributed by atoms with Crippen molar-refractivity contribution in [2.24, 2.45) is 4.99 Å². The molecule has 1 aromatic carbocycles. The lowest BCUT2D eigenvalue weighted by Gasteiger charge is -2.32. The van der Waals surface area contributed by atoms with Crippen molar-refractivity contribution >= 4 is 5.96 Å². The summed E-state index contributed by atoms with van der Waals surface area (Å²) >= 11 is 0. The van der Waals surface area contributed by atoms with Gasteiger partial charge >= 0.3 is 0 Å². The number of hydrogen-bond acceptors (Lipinski definition) is 6. The molecular formula is C24H35N5O3. The molecule has 1 aliphatic heterocycles. The van der Waals surface area contributed by atoms with Crippen LogP contribution in [-0.4, -0.2) is 67.9 Å². The minimum atomic E-state index is 0.417. The van der Waals surface area contributed by atoms with Crippen molar-refractivity contribution in [2.45, 2.75) is 33.4 Å². The third-order valence-electron chi connectivity index (χ3n) is 5.16. The van der Waals surface area contributed by atoms with E-state index in [1.807, 2.05) is 43.3 Å². The quantitative estimate of drug-likeness (QED) is 0.433. The molecule has 1 unspecified atom stereocenters. The molecule has 1 aliphatic rings. The van der Waals surface area contributed by atoms with E-state index < -0.39 is 0 Å². The summed E-state index contributed by atoms with van der Waals surface area (Å²) in [6.45, 7) is 12.6. The van der Waals surface area contributed by atoms with Crippen molar-refractivity contribution in [3.8, 4) is 17.4 Å². The highest BCUT2D eigenvalue weighted by Crippen LogP contribution is 2.30. The van der Waals surface area contributed by atoms with Crippen LogP contribution in [0.3, 0.4) is 0 Å². The van der Waals surface area contributed by atoms with E-state index in [4.69, 9.17) is 19.2 Å². The average molecular weight is 442 g/mol. The maximum Gasteiger partial charge on any atom is 0.219 e. The summed E-state index contributed by atoms with van der Waals surface area (Å²) in [5, 5.41) is 6.76. The van der Waals surface area contributed by atoms with E-state index in [2.05, 4.69) is 34.4 Å². The van der Waals surface area contributed by atoms with Gasteiger partial charge < -0.3 is 24.8 Å². The number of pyridine rings is 1. The molecule has 1 atom stereocenters. The molecule has 0 amide bonds. The van der Waals surface area contributed by atoms with E-state index in [9.17, 15) is 0 Å². The Kier molecular flexibility index (Phi) is 9.59. The number of benzene rings is 1. The molecule has 2 aromatic rings. The number of nitrogens with one attached hydrogen (secondary N) is 2. The molecule has 0 radical (unpaired) electrons. The van der Waals surface area contributed by atoms with E-state index in [-0.39, 0.29) is 0 Å². The lowest BCUT2D eigenvalue weighted by molar-refractivity contribution is 0.0211. The van der Waals surface area contributed by atoms with Crippen LogP contribution in [0.2, 0.25) is 0 Å². The van der Waals surface area contributed by atoms with E-state index in [1.165, 1.54) is 0 Å². The minimum absolute atomic E-state index is 0.417. The number of rotatable bonds is 10. The second kappa shape index (κ2) is 12.9. The molecule has 8 nitrogen and oxygen atoms in total. The van der Waals surface area contributed by atoms with Gasteiger partial charge in [-0.2, -0.15) is 0 Å². The Bertz CT molecular complexity index is 838. The van der Waals surface area contributed by atoms with Gasteiger partial charge in [0.2, 0.25) is 5.88 Å². The first-order chi connectivity index (χ1) is 15.7. The third-order valence-corrected chi connectivity index (χ3v) is 5.16. The first-order valence-electron chi connectivity index (χ1n) is 11.4. The number of hydrogen-bond donors (Lipinski definition) is 2. The molecular weight excluding hydrogens is 406 g/mol. The fourth-order valence-electron chi connectivity index (χ4n) is 3.39. The summed E-state index contributed by atoms with van der Waals surface area (Å²) in [4.78, 5) is 11.6. The third kappa shape index (κ3) is 7.39. The van der Waals surface area contributed by atoms with Crippen LogP contribution in [-0.2, 0) is 11.3 Å². The smallest absolute Gasteiger partial charge is 0.219 e. The molecule has 0 aliphatic carbocycles. The van der Waals surface area contributed by atoms with Crippen LogP contribution in [0, 0.1) is 0 Å². The van der Waals surface area contributed by atoms with Crippen molar-refractivity contribution in [1.29, 1.82) is 0 Å². The monoisotopic (exact) mass is 441 g/mol. The molecule has 3 rings (SSSR count). The molecule has 174 valence electrons. The van der Waals surface area contributed by atoms with Crippen molar-refractivity contribution in [3.63, 3.8) is 0 Å². The van der Waals surface area contributed by atoms with Gasteiger partial charge in [0, 0.05) is 44.5 Å². The van der Waals surface area contributed by atoms with Crippen LogP contribution >= 0.6 is 0 Å². The highest BCUT2D eigenvalue weighted by atomic mass is 16.5. The van der Waals surface area contributed by atoms with Gasteiger partial charge in [-0.25, -0.2) is 9.98 Å². The summed E-state index contributed by atoms with van der Waals surface area (Å²) < 4.78 is 16.9. The SMILES string of the molecule is CCNC(=NCc1ccc(Oc2ccccc2OCC)nc1)NCC(C)N1CCOCC1. The predicted molar refractivity (Wildman–Crippen MR) is 127 cm³/mol. The molecule has 2 heterocycles. The van der Waals surface area contributed by atoms with Gasteiger partial charge in [-0.1, -0.05) is 18.2 Å². The minimum Gasteiger partial charge on any atom is -0.490 e. The Morgan fingerprint density at radius 1 is 1.12 bits per heavy atom. The fraction of sp³-hybridized carbons (Fsp3) is 0.500. The van der Waals surface area contributed by atoms with Crippen molar-refractivity contribution in [2.75, 3.05) is 46.0 Å². The second-order valence-electron chi connectivity index (χ2n) is 7.56. The molecule has 1 saturated heterocycles. The normalized spacial score (nSPS) is 15.8. The lowest BCUT2D eigenvalue weighted by atomic mass is 10.2. The largest absolute Gasteiger partial charge is 0.490 e.